The molecule has 1 aromatic carbocycles. The van der Waals surface area contributed by atoms with Gasteiger partial charge >= 0.3 is 101 Å². The van der Waals surface area contributed by atoms with Gasteiger partial charge in [0.25, 0.3) is 0 Å². The number of likely N-dealkylation sites (tertiary alicyclic amines) is 1. The molecule has 0 atom stereocenters. The summed E-state index contributed by atoms with van der Waals surface area (Å²) in [7, 11) is 0. The first-order valence-electron chi connectivity index (χ1n) is 4.82. The van der Waals surface area contributed by atoms with E-state index in [0.717, 1.165) is 4.47 Å². The molecule has 1 aliphatic heterocycles. The van der Waals surface area contributed by atoms with E-state index in [1.807, 2.05) is 0 Å². The molecular weight excluding hydrogens is 305 g/mol. The third kappa shape index (κ3) is 2.28. The van der Waals surface area contributed by atoms with Gasteiger partial charge in [0.2, 0.25) is 0 Å². The predicted octanol–water partition coefficient (Wildman–Crippen LogP) is 2.19. The molecule has 0 unspecified atom stereocenters. The van der Waals surface area contributed by atoms with Crippen LogP contribution in [0.5, 0.6) is 0 Å². The van der Waals surface area contributed by atoms with Gasteiger partial charge in [0.15, 0.2) is 0 Å². The van der Waals surface area contributed by atoms with Crippen LogP contribution in [0.3, 0.4) is 0 Å². The monoisotopic (exact) mass is 317 g/mol. The molecule has 1 aromatic rings. The Hall–Kier alpha value is -0.111. The normalized spacial score (nSPS) is 15.9. The van der Waals surface area contributed by atoms with Crippen molar-refractivity contribution in [2.45, 2.75) is 12.8 Å². The van der Waals surface area contributed by atoms with Gasteiger partial charge in [-0.1, -0.05) is 0 Å². The number of hydrogen-bond donors (Lipinski definition) is 0. The van der Waals surface area contributed by atoms with E-state index in [1.54, 1.807) is 0 Å². The quantitative estimate of drug-likeness (QED) is 0.756. The van der Waals surface area contributed by atoms with Crippen LogP contribution in [0.25, 0.3) is 0 Å². The van der Waals surface area contributed by atoms with Crippen LogP contribution in [0.15, 0.2) is 28.7 Å². The maximum atomic E-state index is 3.45. The summed E-state index contributed by atoms with van der Waals surface area (Å²) in [6, 6.07) is 8.47. The number of hydrogen-bond acceptors (Lipinski definition) is 1. The molecule has 0 aromatic heterocycles. The van der Waals surface area contributed by atoms with Crippen LogP contribution < -0.4 is 0 Å². The zero-order valence-corrected chi connectivity index (χ0v) is 11.2. The summed E-state index contributed by atoms with van der Waals surface area (Å²) in [5, 5.41) is 0. The Bertz CT molecular complexity index is 328. The first-order chi connectivity index (χ1) is 6.77. The number of rotatable bonds is 2. The van der Waals surface area contributed by atoms with Crippen molar-refractivity contribution in [3.8, 4) is 0 Å². The Kier molecular flexibility index (Phi) is 3.42. The molecule has 74 valence electrons. The molecule has 1 heterocycles. The molecule has 0 amide bonds. The van der Waals surface area contributed by atoms with Crippen LogP contribution in [0.1, 0.15) is 18.4 Å². The van der Waals surface area contributed by atoms with E-state index >= 15 is 0 Å². The Morgan fingerprint density at radius 1 is 1.14 bits per heavy atom. The van der Waals surface area contributed by atoms with E-state index < -0.39 is 0 Å². The van der Waals surface area contributed by atoms with E-state index in [2.05, 4.69) is 60.7 Å². The topological polar surface area (TPSA) is 3.24 Å². The van der Waals surface area contributed by atoms with E-state index in [9.17, 15) is 0 Å². The summed E-state index contributed by atoms with van der Waals surface area (Å²) in [6.07, 6.45) is 2.64. The Labute approximate surface area is 101 Å². The molecule has 1 fully saturated rings. The van der Waals surface area contributed by atoms with Crippen molar-refractivity contribution in [2.75, 3.05) is 13.1 Å². The summed E-state index contributed by atoms with van der Waals surface area (Å²) >= 11 is 6.63. The van der Waals surface area contributed by atoms with Gasteiger partial charge in [-0.15, -0.1) is 0 Å². The number of nitrogens with zero attached hydrogens (tertiary/aromatic N) is 1. The summed E-state index contributed by atoms with van der Waals surface area (Å²) in [5.74, 6) is 0. The average Bonchev–Trinajstić information content (AvgIpc) is 2.71. The van der Waals surface area contributed by atoms with E-state index in [0.29, 0.717) is 0 Å². The molecule has 1 nitrogen and oxygen atoms in total. The summed E-state index contributed by atoms with van der Waals surface area (Å²) < 4.78 is 2.42. The van der Waals surface area contributed by atoms with E-state index in [1.165, 1.54) is 36.0 Å². The zero-order chi connectivity index (χ0) is 9.97. The van der Waals surface area contributed by atoms with Gasteiger partial charge in [0.05, 0.1) is 0 Å². The molecule has 0 radical (unpaired) electrons. The zero-order valence-electron chi connectivity index (χ0n) is 7.87. The molecular formula is C11H12BrNSe. The van der Waals surface area contributed by atoms with Crippen LogP contribution in [-0.4, -0.2) is 38.1 Å². The van der Waals surface area contributed by atoms with Crippen molar-refractivity contribution in [2.24, 2.45) is 0 Å². The first-order valence-corrected chi connectivity index (χ1v) is 6.47. The van der Waals surface area contributed by atoms with Crippen molar-refractivity contribution in [1.82, 2.24) is 4.90 Å². The molecule has 1 saturated heterocycles. The van der Waals surface area contributed by atoms with Gasteiger partial charge in [-0.2, -0.15) is 0 Å². The van der Waals surface area contributed by atoms with Crippen LogP contribution >= 0.6 is 15.9 Å². The fourth-order valence-corrected chi connectivity index (χ4v) is 2.63. The SMILES string of the molecule is [Se]=C(c1ccc(Br)cc1)N1CCCC1. The van der Waals surface area contributed by atoms with Gasteiger partial charge < -0.3 is 0 Å². The van der Waals surface area contributed by atoms with Crippen molar-refractivity contribution < 1.29 is 0 Å². The second-order valence-electron chi connectivity index (χ2n) is 3.51. The third-order valence-electron chi connectivity index (χ3n) is 2.48. The standard InChI is InChI=1S/C11H12BrNSe/c12-10-5-3-9(4-6-10)11(14)13-7-1-2-8-13/h3-6H,1-2,7-8H2. The van der Waals surface area contributed by atoms with Crippen LogP contribution in [0, 0.1) is 0 Å². The molecule has 2 rings (SSSR count). The predicted molar refractivity (Wildman–Crippen MR) is 64.8 cm³/mol. The van der Waals surface area contributed by atoms with Crippen molar-refractivity contribution in [3.05, 3.63) is 34.3 Å². The van der Waals surface area contributed by atoms with E-state index in [-0.39, 0.29) is 0 Å². The van der Waals surface area contributed by atoms with Gasteiger partial charge in [-0.25, -0.2) is 0 Å². The van der Waals surface area contributed by atoms with Crippen LogP contribution in [-0.2, 0) is 0 Å². The Morgan fingerprint density at radius 3 is 2.29 bits per heavy atom. The minimum absolute atomic E-state index is 1.13. The van der Waals surface area contributed by atoms with Gasteiger partial charge in [0.1, 0.15) is 0 Å². The number of benzene rings is 1. The summed E-state index contributed by atoms with van der Waals surface area (Å²) in [5.41, 5.74) is 1.29. The summed E-state index contributed by atoms with van der Waals surface area (Å²) in [4.78, 5) is 2.42. The molecule has 1 aliphatic rings. The van der Waals surface area contributed by atoms with Crippen LogP contribution in [0.4, 0.5) is 0 Å². The molecule has 0 aliphatic carbocycles. The van der Waals surface area contributed by atoms with Crippen molar-refractivity contribution >= 4 is 36.0 Å². The second kappa shape index (κ2) is 4.61. The van der Waals surface area contributed by atoms with Crippen molar-refractivity contribution in [1.29, 1.82) is 0 Å². The molecule has 0 spiro atoms. The Balaban J connectivity index is 2.14. The average molecular weight is 317 g/mol. The van der Waals surface area contributed by atoms with E-state index in [4.69, 9.17) is 0 Å². The third-order valence-corrected chi connectivity index (χ3v) is 4.05. The van der Waals surface area contributed by atoms with Crippen molar-refractivity contribution in [3.63, 3.8) is 0 Å². The summed E-state index contributed by atoms with van der Waals surface area (Å²) in [6.45, 7) is 2.39. The second-order valence-corrected chi connectivity index (χ2v) is 5.23. The van der Waals surface area contributed by atoms with Gasteiger partial charge in [-0.05, 0) is 0 Å². The fraction of sp³-hybridized carbons (Fsp3) is 0.364. The maximum absolute atomic E-state index is 3.45. The fourth-order valence-electron chi connectivity index (χ4n) is 1.70. The molecule has 0 bridgehead atoms. The minimum atomic E-state index is 1.13. The van der Waals surface area contributed by atoms with Gasteiger partial charge in [0, 0.05) is 0 Å². The Morgan fingerprint density at radius 2 is 1.71 bits per heavy atom. The molecule has 14 heavy (non-hydrogen) atoms. The molecule has 3 heteroatoms. The van der Waals surface area contributed by atoms with Gasteiger partial charge in [-0.3, -0.25) is 0 Å². The molecule has 0 N–H and O–H groups in total. The number of halogens is 1. The first kappa shape index (κ1) is 10.4. The molecule has 0 saturated carbocycles. The van der Waals surface area contributed by atoms with Crippen LogP contribution in [0.2, 0.25) is 0 Å².